The highest BCUT2D eigenvalue weighted by atomic mass is 16.2. The minimum atomic E-state index is -0.397. The SMILES string of the molecule is CC1=C(C(=O)Nc2cccc(C)n2)[C@H](c2ccccc2C)C2=C(CC(C)(C)CC2=O)N1. The number of hydrogen-bond acceptors (Lipinski definition) is 4. The quantitative estimate of drug-likeness (QED) is 0.745. The number of rotatable bonds is 3. The molecule has 0 saturated heterocycles. The highest BCUT2D eigenvalue weighted by Gasteiger charge is 2.43. The van der Waals surface area contributed by atoms with E-state index in [2.05, 4.69) is 29.5 Å². The van der Waals surface area contributed by atoms with Crippen LogP contribution in [0.2, 0.25) is 0 Å². The maximum atomic E-state index is 13.5. The third kappa shape index (κ3) is 4.05. The molecule has 1 aliphatic carbocycles. The number of anilines is 1. The molecule has 2 N–H and O–H groups in total. The van der Waals surface area contributed by atoms with Gasteiger partial charge in [0.2, 0.25) is 0 Å². The largest absolute Gasteiger partial charge is 0.362 e. The first-order valence-electron chi connectivity index (χ1n) is 10.7. The predicted octanol–water partition coefficient (Wildman–Crippen LogP) is 4.94. The van der Waals surface area contributed by atoms with Crippen LogP contribution in [0.4, 0.5) is 5.82 Å². The van der Waals surface area contributed by atoms with Crippen LogP contribution < -0.4 is 10.6 Å². The molecule has 2 aromatic rings. The number of allylic oxidation sites excluding steroid dienone is 3. The summed E-state index contributed by atoms with van der Waals surface area (Å²) < 4.78 is 0. The number of nitrogens with one attached hydrogen (secondary N) is 2. The van der Waals surface area contributed by atoms with Crippen LogP contribution in [-0.4, -0.2) is 16.7 Å². The molecule has 4 rings (SSSR count). The van der Waals surface area contributed by atoms with Gasteiger partial charge in [-0.1, -0.05) is 44.2 Å². The first-order chi connectivity index (χ1) is 14.7. The fourth-order valence-corrected chi connectivity index (χ4v) is 4.76. The van der Waals surface area contributed by atoms with Crippen molar-refractivity contribution in [2.45, 2.75) is 53.4 Å². The zero-order chi connectivity index (χ0) is 22.3. The molecule has 160 valence electrons. The molecule has 31 heavy (non-hydrogen) atoms. The molecule has 5 nitrogen and oxygen atoms in total. The highest BCUT2D eigenvalue weighted by molar-refractivity contribution is 6.09. The van der Waals surface area contributed by atoms with Gasteiger partial charge in [-0.25, -0.2) is 4.98 Å². The van der Waals surface area contributed by atoms with Crippen molar-refractivity contribution in [1.82, 2.24) is 10.3 Å². The van der Waals surface area contributed by atoms with E-state index in [4.69, 9.17) is 0 Å². The molecule has 0 saturated carbocycles. The van der Waals surface area contributed by atoms with Crippen molar-refractivity contribution in [2.75, 3.05) is 5.32 Å². The predicted molar refractivity (Wildman–Crippen MR) is 122 cm³/mol. The second-order valence-electron chi connectivity index (χ2n) is 9.40. The Hall–Kier alpha value is -3.21. The molecule has 1 aliphatic heterocycles. The summed E-state index contributed by atoms with van der Waals surface area (Å²) in [5.74, 6) is -0.0189. The van der Waals surface area contributed by atoms with Gasteiger partial charge in [0.1, 0.15) is 5.82 Å². The normalized spacial score (nSPS) is 20.3. The van der Waals surface area contributed by atoms with Crippen LogP contribution in [0.5, 0.6) is 0 Å². The molecular formula is C26H29N3O2. The molecule has 1 atom stereocenters. The van der Waals surface area contributed by atoms with Gasteiger partial charge in [0.05, 0.1) is 0 Å². The van der Waals surface area contributed by atoms with E-state index in [9.17, 15) is 9.59 Å². The third-order valence-electron chi connectivity index (χ3n) is 6.11. The van der Waals surface area contributed by atoms with Gasteiger partial charge in [-0.15, -0.1) is 0 Å². The maximum absolute atomic E-state index is 13.5. The average Bonchev–Trinajstić information content (AvgIpc) is 2.66. The smallest absolute Gasteiger partial charge is 0.255 e. The van der Waals surface area contributed by atoms with E-state index in [0.717, 1.165) is 40.2 Å². The van der Waals surface area contributed by atoms with Crippen molar-refractivity contribution in [3.05, 3.63) is 81.8 Å². The second kappa shape index (κ2) is 7.80. The Labute approximate surface area is 183 Å². The first kappa shape index (κ1) is 21.0. The minimum absolute atomic E-state index is 0.106. The molecule has 0 radical (unpaired) electrons. The van der Waals surface area contributed by atoms with Crippen molar-refractivity contribution >= 4 is 17.5 Å². The molecule has 0 bridgehead atoms. The molecule has 1 amide bonds. The van der Waals surface area contributed by atoms with Crippen LogP contribution in [0.3, 0.4) is 0 Å². The van der Waals surface area contributed by atoms with E-state index >= 15 is 0 Å². The van der Waals surface area contributed by atoms with Gasteiger partial charge in [-0.05, 0) is 55.9 Å². The summed E-state index contributed by atoms with van der Waals surface area (Å²) in [6.07, 6.45) is 1.26. The summed E-state index contributed by atoms with van der Waals surface area (Å²) in [5, 5.41) is 6.36. The van der Waals surface area contributed by atoms with Gasteiger partial charge < -0.3 is 10.6 Å². The van der Waals surface area contributed by atoms with E-state index in [1.165, 1.54) is 0 Å². The number of hydrogen-bond donors (Lipinski definition) is 2. The van der Waals surface area contributed by atoms with E-state index in [0.29, 0.717) is 17.8 Å². The molecule has 0 spiro atoms. The summed E-state index contributed by atoms with van der Waals surface area (Å²) in [6.45, 7) is 10.1. The Morgan fingerprint density at radius 3 is 2.52 bits per heavy atom. The molecule has 0 fully saturated rings. The summed E-state index contributed by atoms with van der Waals surface area (Å²) >= 11 is 0. The van der Waals surface area contributed by atoms with Crippen molar-refractivity contribution in [2.24, 2.45) is 5.41 Å². The van der Waals surface area contributed by atoms with Crippen LogP contribution in [-0.2, 0) is 9.59 Å². The van der Waals surface area contributed by atoms with Crippen LogP contribution in [0, 0.1) is 19.3 Å². The monoisotopic (exact) mass is 415 g/mol. The van der Waals surface area contributed by atoms with E-state index in [1.54, 1.807) is 6.07 Å². The summed E-state index contributed by atoms with van der Waals surface area (Å²) in [7, 11) is 0. The fraction of sp³-hybridized carbons (Fsp3) is 0.346. The number of Topliss-reactive ketones (excluding diaryl/α,β-unsaturated/α-hetero) is 1. The molecule has 5 heteroatoms. The average molecular weight is 416 g/mol. The number of carbonyl (C=O) groups is 2. The molecule has 2 heterocycles. The lowest BCUT2D eigenvalue weighted by Crippen LogP contribution is -2.39. The standard InChI is InChI=1S/C26H29N3O2/c1-15-9-6-7-11-18(15)23-22(25(31)29-21-12-8-10-16(2)27-21)17(3)28-19-13-26(4,5)14-20(30)24(19)23/h6-12,23,28H,13-14H2,1-5H3,(H,27,29,31)/t23-/m0/s1. The zero-order valence-electron chi connectivity index (χ0n) is 18.8. The number of ketones is 1. The van der Waals surface area contributed by atoms with Crippen LogP contribution in [0.25, 0.3) is 0 Å². The van der Waals surface area contributed by atoms with E-state index in [1.807, 2.05) is 57.2 Å². The molecule has 2 aliphatic rings. The second-order valence-corrected chi connectivity index (χ2v) is 9.40. The Morgan fingerprint density at radius 2 is 1.81 bits per heavy atom. The summed E-state index contributed by atoms with van der Waals surface area (Å²) in [4.78, 5) is 31.3. The molecule has 0 unspecified atom stereocenters. The Kier molecular flexibility index (Phi) is 5.29. The fourth-order valence-electron chi connectivity index (χ4n) is 4.76. The Morgan fingerprint density at radius 1 is 1.06 bits per heavy atom. The topological polar surface area (TPSA) is 71.1 Å². The van der Waals surface area contributed by atoms with Gasteiger partial charge >= 0.3 is 0 Å². The van der Waals surface area contributed by atoms with Gasteiger partial charge in [0.25, 0.3) is 5.91 Å². The lowest BCUT2D eigenvalue weighted by atomic mass is 9.68. The van der Waals surface area contributed by atoms with Gasteiger partial charge in [-0.3, -0.25) is 9.59 Å². The van der Waals surface area contributed by atoms with Gasteiger partial charge in [0, 0.05) is 40.6 Å². The van der Waals surface area contributed by atoms with Crippen molar-refractivity contribution in [3.63, 3.8) is 0 Å². The zero-order valence-corrected chi connectivity index (χ0v) is 18.8. The number of aryl methyl sites for hydroxylation is 2. The lowest BCUT2D eigenvalue weighted by Gasteiger charge is -2.40. The third-order valence-corrected chi connectivity index (χ3v) is 6.11. The number of dihydropyridines is 1. The lowest BCUT2D eigenvalue weighted by molar-refractivity contribution is -0.118. The van der Waals surface area contributed by atoms with Crippen LogP contribution in [0.1, 0.15) is 56.4 Å². The van der Waals surface area contributed by atoms with Crippen molar-refractivity contribution in [1.29, 1.82) is 0 Å². The Bertz CT molecular complexity index is 1140. The summed E-state index contributed by atoms with van der Waals surface area (Å²) in [5.41, 5.74) is 5.79. The number of benzene rings is 1. The maximum Gasteiger partial charge on any atom is 0.255 e. The molecule has 1 aromatic heterocycles. The van der Waals surface area contributed by atoms with Gasteiger partial charge in [-0.2, -0.15) is 0 Å². The van der Waals surface area contributed by atoms with Crippen LogP contribution >= 0.6 is 0 Å². The first-order valence-corrected chi connectivity index (χ1v) is 10.7. The van der Waals surface area contributed by atoms with E-state index < -0.39 is 5.92 Å². The van der Waals surface area contributed by atoms with Gasteiger partial charge in [0.15, 0.2) is 5.78 Å². The number of pyridine rings is 1. The number of aromatic nitrogens is 1. The highest BCUT2D eigenvalue weighted by Crippen LogP contribution is 2.47. The number of nitrogens with zero attached hydrogens (tertiary/aromatic N) is 1. The molecular weight excluding hydrogens is 386 g/mol. The minimum Gasteiger partial charge on any atom is -0.362 e. The number of amides is 1. The van der Waals surface area contributed by atoms with Crippen molar-refractivity contribution < 1.29 is 9.59 Å². The number of carbonyl (C=O) groups excluding carboxylic acids is 2. The van der Waals surface area contributed by atoms with Crippen LogP contribution in [0.15, 0.2) is 65.0 Å². The summed E-state index contributed by atoms with van der Waals surface area (Å²) in [6, 6.07) is 13.5. The molecule has 1 aromatic carbocycles. The Balaban J connectivity index is 1.83. The van der Waals surface area contributed by atoms with Crippen molar-refractivity contribution in [3.8, 4) is 0 Å². The van der Waals surface area contributed by atoms with E-state index in [-0.39, 0.29) is 17.1 Å².